The zero-order chi connectivity index (χ0) is 18.1. The molecule has 0 amide bonds. The van der Waals surface area contributed by atoms with E-state index in [4.69, 9.17) is 11.5 Å². The van der Waals surface area contributed by atoms with Crippen molar-refractivity contribution >= 4 is 11.6 Å². The SMILES string of the molecule is NC[C@H]1C[C@@H](O)CN1c1cc(N2C[C@@H](N)[C@H](c3ccccc3)C2)ncn1. The van der Waals surface area contributed by atoms with Gasteiger partial charge in [0.1, 0.15) is 18.0 Å². The highest BCUT2D eigenvalue weighted by Crippen LogP contribution is 2.31. The Labute approximate surface area is 153 Å². The molecule has 26 heavy (non-hydrogen) atoms. The molecule has 1 aromatic heterocycles. The molecule has 0 radical (unpaired) electrons. The van der Waals surface area contributed by atoms with E-state index in [1.807, 2.05) is 12.1 Å². The molecule has 0 aliphatic carbocycles. The number of nitrogens with zero attached hydrogens (tertiary/aromatic N) is 4. The maximum Gasteiger partial charge on any atom is 0.134 e. The first-order chi connectivity index (χ1) is 12.7. The van der Waals surface area contributed by atoms with Crippen LogP contribution in [0.5, 0.6) is 0 Å². The van der Waals surface area contributed by atoms with E-state index in [0.717, 1.165) is 24.7 Å². The summed E-state index contributed by atoms with van der Waals surface area (Å²) in [6.07, 6.45) is 1.91. The summed E-state index contributed by atoms with van der Waals surface area (Å²) in [4.78, 5) is 13.2. The Morgan fingerprint density at radius 2 is 1.85 bits per heavy atom. The van der Waals surface area contributed by atoms with Crippen molar-refractivity contribution in [3.8, 4) is 0 Å². The van der Waals surface area contributed by atoms with E-state index in [2.05, 4.69) is 44.0 Å². The van der Waals surface area contributed by atoms with Crippen molar-refractivity contribution in [2.75, 3.05) is 36.0 Å². The fourth-order valence-corrected chi connectivity index (χ4v) is 4.13. The largest absolute Gasteiger partial charge is 0.391 e. The van der Waals surface area contributed by atoms with E-state index < -0.39 is 0 Å². The summed E-state index contributed by atoms with van der Waals surface area (Å²) >= 11 is 0. The number of hydrogen-bond acceptors (Lipinski definition) is 7. The van der Waals surface area contributed by atoms with Gasteiger partial charge in [0.2, 0.25) is 0 Å². The first kappa shape index (κ1) is 17.2. The van der Waals surface area contributed by atoms with E-state index in [9.17, 15) is 5.11 Å². The normalized spacial score (nSPS) is 28.7. The molecule has 5 N–H and O–H groups in total. The molecule has 4 rings (SSSR count). The molecule has 2 saturated heterocycles. The minimum Gasteiger partial charge on any atom is -0.391 e. The number of hydrogen-bond donors (Lipinski definition) is 3. The lowest BCUT2D eigenvalue weighted by atomic mass is 9.95. The van der Waals surface area contributed by atoms with E-state index in [0.29, 0.717) is 25.4 Å². The Kier molecular flexibility index (Phi) is 4.76. The van der Waals surface area contributed by atoms with E-state index in [-0.39, 0.29) is 18.2 Å². The zero-order valence-electron chi connectivity index (χ0n) is 14.8. The molecule has 138 valence electrons. The molecular weight excluding hydrogens is 328 g/mol. The van der Waals surface area contributed by atoms with Crippen LogP contribution in [0.4, 0.5) is 11.6 Å². The highest BCUT2D eigenvalue weighted by Gasteiger charge is 2.34. The van der Waals surface area contributed by atoms with Crippen molar-refractivity contribution in [1.82, 2.24) is 9.97 Å². The third kappa shape index (κ3) is 3.25. The summed E-state index contributed by atoms with van der Waals surface area (Å²) in [5.74, 6) is 1.99. The number of nitrogens with two attached hydrogens (primary N) is 2. The summed E-state index contributed by atoms with van der Waals surface area (Å²) in [5.41, 5.74) is 13.5. The van der Waals surface area contributed by atoms with Gasteiger partial charge in [0.05, 0.1) is 6.10 Å². The predicted octanol–water partition coefficient (Wildman–Crippen LogP) is 0.306. The molecule has 0 saturated carbocycles. The highest BCUT2D eigenvalue weighted by molar-refractivity contribution is 5.53. The summed E-state index contributed by atoms with van der Waals surface area (Å²) in [6.45, 7) is 2.66. The third-order valence-corrected chi connectivity index (χ3v) is 5.51. The first-order valence-corrected chi connectivity index (χ1v) is 9.18. The molecule has 0 bridgehead atoms. The van der Waals surface area contributed by atoms with Gasteiger partial charge in [-0.3, -0.25) is 0 Å². The van der Waals surface area contributed by atoms with E-state index in [1.165, 1.54) is 5.56 Å². The molecule has 7 heteroatoms. The molecule has 3 heterocycles. The lowest BCUT2D eigenvalue weighted by molar-refractivity contribution is 0.194. The number of aliphatic hydroxyl groups is 1. The second-order valence-electron chi connectivity index (χ2n) is 7.25. The van der Waals surface area contributed by atoms with Gasteiger partial charge < -0.3 is 26.4 Å². The number of aromatic nitrogens is 2. The first-order valence-electron chi connectivity index (χ1n) is 9.18. The van der Waals surface area contributed by atoms with Gasteiger partial charge in [0, 0.05) is 50.2 Å². The van der Waals surface area contributed by atoms with Gasteiger partial charge in [-0.25, -0.2) is 9.97 Å². The van der Waals surface area contributed by atoms with Crippen LogP contribution in [0.15, 0.2) is 42.7 Å². The summed E-state index contributed by atoms with van der Waals surface area (Å²) < 4.78 is 0. The zero-order valence-corrected chi connectivity index (χ0v) is 14.8. The highest BCUT2D eigenvalue weighted by atomic mass is 16.3. The average Bonchev–Trinajstić information content (AvgIpc) is 3.25. The average molecular weight is 354 g/mol. The Bertz CT molecular complexity index is 742. The van der Waals surface area contributed by atoms with Crippen molar-refractivity contribution in [1.29, 1.82) is 0 Å². The van der Waals surface area contributed by atoms with Gasteiger partial charge in [0.25, 0.3) is 0 Å². The van der Waals surface area contributed by atoms with Gasteiger partial charge in [-0.2, -0.15) is 0 Å². The fraction of sp³-hybridized carbons (Fsp3) is 0.474. The fourth-order valence-electron chi connectivity index (χ4n) is 4.13. The van der Waals surface area contributed by atoms with Crippen molar-refractivity contribution in [2.24, 2.45) is 11.5 Å². The topological polar surface area (TPSA) is 105 Å². The van der Waals surface area contributed by atoms with Crippen LogP contribution in [0.2, 0.25) is 0 Å². The van der Waals surface area contributed by atoms with Gasteiger partial charge in [-0.15, -0.1) is 0 Å². The Morgan fingerprint density at radius 1 is 1.08 bits per heavy atom. The summed E-state index contributed by atoms with van der Waals surface area (Å²) in [5, 5.41) is 9.97. The van der Waals surface area contributed by atoms with Crippen LogP contribution < -0.4 is 21.3 Å². The van der Waals surface area contributed by atoms with Crippen LogP contribution in [0, 0.1) is 0 Å². The van der Waals surface area contributed by atoms with Crippen LogP contribution >= 0.6 is 0 Å². The van der Waals surface area contributed by atoms with Crippen molar-refractivity contribution in [3.05, 3.63) is 48.3 Å². The number of β-amino-alcohol motifs (C(OH)–C–C–N with tert-alkyl or cyclic N) is 1. The Morgan fingerprint density at radius 3 is 2.62 bits per heavy atom. The van der Waals surface area contributed by atoms with Crippen molar-refractivity contribution in [2.45, 2.75) is 30.5 Å². The van der Waals surface area contributed by atoms with E-state index >= 15 is 0 Å². The molecule has 1 aromatic carbocycles. The van der Waals surface area contributed by atoms with Crippen molar-refractivity contribution in [3.63, 3.8) is 0 Å². The lowest BCUT2D eigenvalue weighted by Crippen LogP contribution is -2.36. The maximum absolute atomic E-state index is 9.97. The molecule has 0 spiro atoms. The van der Waals surface area contributed by atoms with Crippen LogP contribution in [-0.2, 0) is 0 Å². The smallest absolute Gasteiger partial charge is 0.134 e. The third-order valence-electron chi connectivity index (χ3n) is 5.51. The van der Waals surface area contributed by atoms with Gasteiger partial charge in [0.15, 0.2) is 0 Å². The number of aliphatic hydroxyl groups excluding tert-OH is 1. The van der Waals surface area contributed by atoms with Gasteiger partial charge in [-0.1, -0.05) is 30.3 Å². The number of anilines is 2. The predicted molar refractivity (Wildman–Crippen MR) is 102 cm³/mol. The second-order valence-corrected chi connectivity index (χ2v) is 7.25. The van der Waals surface area contributed by atoms with Crippen LogP contribution in [0.25, 0.3) is 0 Å². The molecule has 0 unspecified atom stereocenters. The molecular formula is C19H26N6O. The molecule has 2 aliphatic heterocycles. The number of benzene rings is 1. The number of rotatable bonds is 4. The molecule has 7 nitrogen and oxygen atoms in total. The minimum absolute atomic E-state index is 0.0706. The second kappa shape index (κ2) is 7.19. The Balaban J connectivity index is 1.54. The summed E-state index contributed by atoms with van der Waals surface area (Å²) in [6, 6.07) is 12.6. The van der Waals surface area contributed by atoms with Crippen LogP contribution in [0.1, 0.15) is 17.9 Å². The van der Waals surface area contributed by atoms with Crippen LogP contribution in [0.3, 0.4) is 0 Å². The molecule has 2 aromatic rings. The van der Waals surface area contributed by atoms with Gasteiger partial charge >= 0.3 is 0 Å². The Hall–Kier alpha value is -2.22. The monoisotopic (exact) mass is 354 g/mol. The summed E-state index contributed by atoms with van der Waals surface area (Å²) in [7, 11) is 0. The standard InChI is InChI=1S/C19H26N6O/c20-8-14-6-15(26)9-25(14)19-7-18(22-12-23-19)24-10-16(17(21)11-24)13-4-2-1-3-5-13/h1-5,7,12,14-17,26H,6,8-11,20-21H2/t14-,15-,16+,17-/m1/s1. The molecule has 2 aliphatic rings. The molecule has 4 atom stereocenters. The maximum atomic E-state index is 9.97. The quantitative estimate of drug-likeness (QED) is 0.725. The molecule has 2 fully saturated rings. The van der Waals surface area contributed by atoms with Crippen molar-refractivity contribution < 1.29 is 5.11 Å². The van der Waals surface area contributed by atoms with Crippen LogP contribution in [-0.4, -0.2) is 59.4 Å². The lowest BCUT2D eigenvalue weighted by Gasteiger charge is -2.25. The minimum atomic E-state index is -0.357. The van der Waals surface area contributed by atoms with E-state index in [1.54, 1.807) is 6.33 Å². The van der Waals surface area contributed by atoms with Gasteiger partial charge in [-0.05, 0) is 12.0 Å².